The van der Waals surface area contributed by atoms with E-state index in [2.05, 4.69) is 20.5 Å². The van der Waals surface area contributed by atoms with E-state index in [0.717, 1.165) is 13.0 Å². The maximum atomic E-state index is 11.5. The highest BCUT2D eigenvalue weighted by Gasteiger charge is 2.04. The van der Waals surface area contributed by atoms with Gasteiger partial charge in [0.05, 0.1) is 0 Å². The van der Waals surface area contributed by atoms with Gasteiger partial charge in [0.15, 0.2) is 0 Å². The molecular weight excluding hydrogens is 275 g/mol. The molecule has 0 atom stereocenters. The van der Waals surface area contributed by atoms with E-state index >= 15 is 0 Å². The van der Waals surface area contributed by atoms with Gasteiger partial charge in [-0.3, -0.25) is 0 Å². The van der Waals surface area contributed by atoms with Crippen molar-refractivity contribution in [3.63, 3.8) is 0 Å². The number of anilines is 1. The first-order chi connectivity index (χ1) is 8.47. The number of aromatic nitrogens is 1. The second kappa shape index (κ2) is 7.41. The van der Waals surface area contributed by atoms with Crippen molar-refractivity contribution in [3.05, 3.63) is 22.4 Å². The number of rotatable bonds is 5. The number of nitrogens with one attached hydrogen (secondary N) is 2. The summed E-state index contributed by atoms with van der Waals surface area (Å²) in [7, 11) is 3.97. The number of amides is 2. The van der Waals surface area contributed by atoms with E-state index < -0.39 is 0 Å². The monoisotopic (exact) mass is 290 g/mol. The zero-order valence-electron chi connectivity index (χ0n) is 10.3. The van der Waals surface area contributed by atoms with Crippen molar-refractivity contribution in [2.45, 2.75) is 6.42 Å². The van der Waals surface area contributed by atoms with Crippen LogP contribution in [0.25, 0.3) is 0 Å². The Morgan fingerprint density at radius 2 is 1.94 bits per heavy atom. The average Bonchev–Trinajstić information content (AvgIpc) is 2.22. The summed E-state index contributed by atoms with van der Waals surface area (Å²) in [6.45, 7) is 1.53. The summed E-state index contributed by atoms with van der Waals surface area (Å²) in [5, 5.41) is 5.86. The van der Waals surface area contributed by atoms with Crippen LogP contribution in [0.4, 0.5) is 10.5 Å². The van der Waals surface area contributed by atoms with Crippen LogP contribution in [-0.2, 0) is 0 Å². The molecule has 2 amide bonds. The lowest BCUT2D eigenvalue weighted by atomic mass is 10.4. The normalized spacial score (nSPS) is 10.5. The molecule has 1 heterocycles. The Kier molecular flexibility index (Phi) is 6.18. The van der Waals surface area contributed by atoms with Gasteiger partial charge in [-0.2, -0.15) is 0 Å². The number of carbonyl (C=O) groups excluding carboxylic acids is 1. The van der Waals surface area contributed by atoms with Crippen molar-refractivity contribution in [2.24, 2.45) is 0 Å². The Bertz CT molecular complexity index is 392. The van der Waals surface area contributed by atoms with Gasteiger partial charge < -0.3 is 15.5 Å². The van der Waals surface area contributed by atoms with Gasteiger partial charge in [-0.25, -0.2) is 9.78 Å². The van der Waals surface area contributed by atoms with Crippen LogP contribution in [0.2, 0.25) is 10.3 Å². The first kappa shape index (κ1) is 15.0. The second-order valence-corrected chi connectivity index (χ2v) is 4.81. The Morgan fingerprint density at radius 1 is 1.33 bits per heavy atom. The van der Waals surface area contributed by atoms with Crippen molar-refractivity contribution in [1.29, 1.82) is 0 Å². The number of halogens is 2. The lowest BCUT2D eigenvalue weighted by molar-refractivity contribution is 0.251. The lowest BCUT2D eigenvalue weighted by Crippen LogP contribution is -2.31. The number of hydrogen-bond acceptors (Lipinski definition) is 3. The maximum Gasteiger partial charge on any atom is 0.319 e. The molecule has 0 fully saturated rings. The van der Waals surface area contributed by atoms with E-state index in [0.29, 0.717) is 12.2 Å². The van der Waals surface area contributed by atoms with Gasteiger partial charge in [-0.05, 0) is 39.2 Å². The molecule has 0 unspecified atom stereocenters. The van der Waals surface area contributed by atoms with Gasteiger partial charge >= 0.3 is 6.03 Å². The van der Waals surface area contributed by atoms with E-state index in [9.17, 15) is 4.79 Å². The standard InChI is InChI=1S/C11H16Cl2N4O/c1-17(2)5-3-4-14-11(18)15-8-6-9(12)16-10(13)7-8/h6-7H,3-5H2,1-2H3,(H2,14,15,16,18). The molecule has 1 aromatic heterocycles. The van der Waals surface area contributed by atoms with E-state index in [-0.39, 0.29) is 16.3 Å². The predicted molar refractivity (Wildman–Crippen MR) is 74.4 cm³/mol. The highest BCUT2D eigenvalue weighted by molar-refractivity contribution is 6.32. The summed E-state index contributed by atoms with van der Waals surface area (Å²) >= 11 is 11.4. The van der Waals surface area contributed by atoms with E-state index in [4.69, 9.17) is 23.2 Å². The van der Waals surface area contributed by atoms with Crippen LogP contribution in [-0.4, -0.2) is 43.1 Å². The molecule has 7 heteroatoms. The summed E-state index contributed by atoms with van der Waals surface area (Å²) in [5.74, 6) is 0. The molecule has 0 saturated heterocycles. The van der Waals surface area contributed by atoms with Crippen molar-refractivity contribution in [2.75, 3.05) is 32.5 Å². The zero-order chi connectivity index (χ0) is 13.5. The molecule has 0 spiro atoms. The fourth-order valence-corrected chi connectivity index (χ4v) is 1.77. The second-order valence-electron chi connectivity index (χ2n) is 4.04. The number of pyridine rings is 1. The van der Waals surface area contributed by atoms with E-state index in [1.54, 1.807) is 0 Å². The molecule has 0 aliphatic heterocycles. The average molecular weight is 291 g/mol. The minimum Gasteiger partial charge on any atom is -0.338 e. The van der Waals surface area contributed by atoms with Gasteiger partial charge in [-0.1, -0.05) is 23.2 Å². The van der Waals surface area contributed by atoms with Gasteiger partial charge in [0, 0.05) is 12.2 Å². The summed E-state index contributed by atoms with van der Waals surface area (Å²) in [5.41, 5.74) is 0.519. The Balaban J connectivity index is 2.35. The van der Waals surface area contributed by atoms with E-state index in [1.807, 2.05) is 14.1 Å². The van der Waals surface area contributed by atoms with Crippen LogP contribution in [0.15, 0.2) is 12.1 Å². The molecule has 2 N–H and O–H groups in total. The topological polar surface area (TPSA) is 57.3 Å². The minimum atomic E-state index is -0.285. The largest absolute Gasteiger partial charge is 0.338 e. The molecule has 18 heavy (non-hydrogen) atoms. The molecule has 0 aliphatic carbocycles. The molecular formula is C11H16Cl2N4O. The molecule has 5 nitrogen and oxygen atoms in total. The number of urea groups is 1. The highest BCUT2D eigenvalue weighted by Crippen LogP contribution is 2.18. The van der Waals surface area contributed by atoms with Crippen molar-refractivity contribution < 1.29 is 4.79 Å². The predicted octanol–water partition coefficient (Wildman–Crippen LogP) is 2.46. The smallest absolute Gasteiger partial charge is 0.319 e. The maximum absolute atomic E-state index is 11.5. The minimum absolute atomic E-state index is 0.241. The van der Waals surface area contributed by atoms with E-state index in [1.165, 1.54) is 12.1 Å². The molecule has 1 aromatic rings. The van der Waals surface area contributed by atoms with Crippen molar-refractivity contribution in [1.82, 2.24) is 15.2 Å². The first-order valence-electron chi connectivity index (χ1n) is 5.50. The van der Waals surface area contributed by atoms with Crippen LogP contribution in [0, 0.1) is 0 Å². The molecule has 0 aromatic carbocycles. The summed E-state index contributed by atoms with van der Waals surface area (Å²) < 4.78 is 0. The summed E-state index contributed by atoms with van der Waals surface area (Å²) in [6, 6.07) is 2.78. The van der Waals surface area contributed by atoms with Crippen LogP contribution in [0.3, 0.4) is 0 Å². The molecule has 1 rings (SSSR count). The van der Waals surface area contributed by atoms with Gasteiger partial charge in [0.2, 0.25) is 0 Å². The van der Waals surface area contributed by atoms with Gasteiger partial charge in [0.25, 0.3) is 0 Å². The fraction of sp³-hybridized carbons (Fsp3) is 0.455. The first-order valence-corrected chi connectivity index (χ1v) is 6.25. The Labute approximate surface area is 116 Å². The molecule has 0 saturated carbocycles. The summed E-state index contributed by atoms with van der Waals surface area (Å²) in [4.78, 5) is 17.4. The van der Waals surface area contributed by atoms with Crippen LogP contribution < -0.4 is 10.6 Å². The fourth-order valence-electron chi connectivity index (χ4n) is 1.31. The van der Waals surface area contributed by atoms with Gasteiger partial charge in [-0.15, -0.1) is 0 Å². The summed E-state index contributed by atoms with van der Waals surface area (Å²) in [6.07, 6.45) is 0.887. The third-order valence-corrected chi connectivity index (χ3v) is 2.48. The number of nitrogens with zero attached hydrogens (tertiary/aromatic N) is 2. The SMILES string of the molecule is CN(C)CCCNC(=O)Nc1cc(Cl)nc(Cl)c1. The van der Waals surface area contributed by atoms with Crippen LogP contribution in [0.5, 0.6) is 0 Å². The third-order valence-electron chi connectivity index (χ3n) is 2.09. The van der Waals surface area contributed by atoms with Crippen molar-refractivity contribution >= 4 is 34.9 Å². The molecule has 100 valence electrons. The molecule has 0 bridgehead atoms. The number of hydrogen-bond donors (Lipinski definition) is 2. The lowest BCUT2D eigenvalue weighted by Gasteiger charge is -2.10. The van der Waals surface area contributed by atoms with Crippen LogP contribution in [0.1, 0.15) is 6.42 Å². The Hall–Kier alpha value is -1.04. The van der Waals surface area contributed by atoms with Crippen LogP contribution >= 0.6 is 23.2 Å². The molecule has 0 radical (unpaired) electrons. The quantitative estimate of drug-likeness (QED) is 0.647. The van der Waals surface area contributed by atoms with Crippen molar-refractivity contribution in [3.8, 4) is 0 Å². The number of carbonyl (C=O) groups is 1. The zero-order valence-corrected chi connectivity index (χ0v) is 11.8. The Morgan fingerprint density at radius 3 is 2.50 bits per heavy atom. The highest BCUT2D eigenvalue weighted by atomic mass is 35.5. The van der Waals surface area contributed by atoms with Gasteiger partial charge in [0.1, 0.15) is 10.3 Å². The third kappa shape index (κ3) is 6.05. The molecule has 0 aliphatic rings.